The quantitative estimate of drug-likeness (QED) is 0.777. The van der Waals surface area contributed by atoms with E-state index in [2.05, 4.69) is 0 Å². The van der Waals surface area contributed by atoms with Crippen LogP contribution in [0, 0.1) is 0 Å². The zero-order valence-electron chi connectivity index (χ0n) is 14.7. The molecule has 0 N–H and O–H groups in total. The summed E-state index contributed by atoms with van der Waals surface area (Å²) in [7, 11) is 3.37. The van der Waals surface area contributed by atoms with Gasteiger partial charge in [0.2, 0.25) is 5.91 Å². The van der Waals surface area contributed by atoms with Gasteiger partial charge in [-0.25, -0.2) is 0 Å². The molecular weight excluding hydrogens is 302 g/mol. The molecule has 126 valence electrons. The summed E-state index contributed by atoms with van der Waals surface area (Å²) in [5.74, 6) is -0.463. The second-order valence-corrected chi connectivity index (χ2v) is 6.22. The van der Waals surface area contributed by atoms with Gasteiger partial charge in [0.25, 0.3) is 0 Å². The van der Waals surface area contributed by atoms with E-state index in [-0.39, 0.29) is 17.5 Å². The SMILES string of the molecule is CCCCC(=CC1=C(C)C(=O)c2ccccc2C1=O)C(=O)N(C)C. The second-order valence-electron chi connectivity index (χ2n) is 6.22. The predicted octanol–water partition coefficient (Wildman–Crippen LogP) is 3.59. The summed E-state index contributed by atoms with van der Waals surface area (Å²) >= 11 is 0. The number of unbranched alkanes of at least 4 members (excludes halogenated alkanes) is 1. The molecule has 1 aliphatic carbocycles. The highest BCUT2D eigenvalue weighted by molar-refractivity contribution is 6.28. The van der Waals surface area contributed by atoms with Crippen LogP contribution in [0.3, 0.4) is 0 Å². The van der Waals surface area contributed by atoms with Crippen LogP contribution < -0.4 is 0 Å². The average Bonchev–Trinajstić information content (AvgIpc) is 2.58. The van der Waals surface area contributed by atoms with Crippen LogP contribution >= 0.6 is 0 Å². The summed E-state index contributed by atoms with van der Waals surface area (Å²) < 4.78 is 0. The van der Waals surface area contributed by atoms with E-state index in [0.29, 0.717) is 34.3 Å². The summed E-state index contributed by atoms with van der Waals surface area (Å²) in [6, 6.07) is 6.83. The van der Waals surface area contributed by atoms with Crippen LogP contribution in [0.25, 0.3) is 0 Å². The number of carbonyl (C=O) groups is 3. The fourth-order valence-electron chi connectivity index (χ4n) is 2.76. The Bertz CT molecular complexity index is 754. The molecule has 2 rings (SSSR count). The van der Waals surface area contributed by atoms with Crippen LogP contribution in [0.5, 0.6) is 0 Å². The van der Waals surface area contributed by atoms with Crippen molar-refractivity contribution >= 4 is 17.5 Å². The zero-order valence-corrected chi connectivity index (χ0v) is 14.7. The molecule has 1 aromatic carbocycles. The summed E-state index contributed by atoms with van der Waals surface area (Å²) in [6.45, 7) is 3.70. The summed E-state index contributed by atoms with van der Waals surface area (Å²) in [4.78, 5) is 39.2. The van der Waals surface area contributed by atoms with Gasteiger partial charge in [-0.05, 0) is 25.8 Å². The van der Waals surface area contributed by atoms with Crippen LogP contribution in [0.2, 0.25) is 0 Å². The van der Waals surface area contributed by atoms with E-state index in [1.165, 1.54) is 4.90 Å². The van der Waals surface area contributed by atoms with Crippen LogP contribution in [-0.2, 0) is 4.79 Å². The van der Waals surface area contributed by atoms with Crippen molar-refractivity contribution in [2.24, 2.45) is 0 Å². The number of benzene rings is 1. The molecule has 4 nitrogen and oxygen atoms in total. The van der Waals surface area contributed by atoms with E-state index >= 15 is 0 Å². The topological polar surface area (TPSA) is 54.5 Å². The molecule has 1 amide bonds. The highest BCUT2D eigenvalue weighted by atomic mass is 16.2. The van der Waals surface area contributed by atoms with Crippen molar-refractivity contribution in [3.05, 3.63) is 58.2 Å². The molecule has 0 aromatic heterocycles. The molecule has 0 radical (unpaired) electrons. The number of nitrogens with zero attached hydrogens (tertiary/aromatic N) is 1. The van der Waals surface area contributed by atoms with Gasteiger partial charge in [-0.2, -0.15) is 0 Å². The van der Waals surface area contributed by atoms with Crippen LogP contribution in [0.1, 0.15) is 53.8 Å². The number of Topliss-reactive ketones (excluding diaryl/α,β-unsaturated/α-hetero) is 2. The Morgan fingerprint density at radius 1 is 1.08 bits per heavy atom. The Balaban J connectivity index is 2.52. The molecule has 24 heavy (non-hydrogen) atoms. The van der Waals surface area contributed by atoms with E-state index in [9.17, 15) is 14.4 Å². The minimum Gasteiger partial charge on any atom is -0.345 e. The Labute approximate surface area is 142 Å². The van der Waals surface area contributed by atoms with Crippen molar-refractivity contribution in [1.29, 1.82) is 0 Å². The van der Waals surface area contributed by atoms with Gasteiger partial charge in [0.1, 0.15) is 0 Å². The van der Waals surface area contributed by atoms with Gasteiger partial charge in [-0.3, -0.25) is 14.4 Å². The number of hydrogen-bond donors (Lipinski definition) is 0. The number of rotatable bonds is 5. The summed E-state index contributed by atoms with van der Waals surface area (Å²) in [6.07, 6.45) is 4.01. The molecule has 0 unspecified atom stereocenters. The van der Waals surface area contributed by atoms with Gasteiger partial charge in [0.15, 0.2) is 11.6 Å². The number of fused-ring (bicyclic) bond motifs is 1. The van der Waals surface area contributed by atoms with E-state index in [1.54, 1.807) is 51.4 Å². The minimum absolute atomic E-state index is 0.122. The Hall–Kier alpha value is -2.49. The number of carbonyl (C=O) groups excluding carboxylic acids is 3. The fraction of sp³-hybridized carbons (Fsp3) is 0.350. The maximum absolute atomic E-state index is 12.8. The third kappa shape index (κ3) is 3.37. The molecule has 0 aliphatic heterocycles. The number of ketones is 2. The number of allylic oxidation sites excluding steroid dienone is 3. The van der Waals surface area contributed by atoms with Gasteiger partial charge < -0.3 is 4.90 Å². The van der Waals surface area contributed by atoms with Crippen molar-refractivity contribution in [3.63, 3.8) is 0 Å². The van der Waals surface area contributed by atoms with Crippen LogP contribution in [0.4, 0.5) is 0 Å². The highest BCUT2D eigenvalue weighted by Gasteiger charge is 2.29. The molecule has 0 atom stereocenters. The summed E-state index contributed by atoms with van der Waals surface area (Å²) in [5.41, 5.74) is 2.15. The monoisotopic (exact) mass is 325 g/mol. The molecular formula is C20H23NO3. The molecule has 1 aromatic rings. The van der Waals surface area contributed by atoms with Gasteiger partial charge in [0, 0.05) is 41.9 Å². The third-order valence-electron chi connectivity index (χ3n) is 4.20. The molecule has 0 heterocycles. The van der Waals surface area contributed by atoms with Gasteiger partial charge in [0.05, 0.1) is 0 Å². The largest absolute Gasteiger partial charge is 0.345 e. The predicted molar refractivity (Wildman–Crippen MR) is 94.1 cm³/mol. The first kappa shape index (κ1) is 17.9. The van der Waals surface area contributed by atoms with Gasteiger partial charge >= 0.3 is 0 Å². The lowest BCUT2D eigenvalue weighted by Gasteiger charge is -2.19. The van der Waals surface area contributed by atoms with E-state index in [0.717, 1.165) is 12.8 Å². The number of hydrogen-bond acceptors (Lipinski definition) is 3. The first-order valence-corrected chi connectivity index (χ1v) is 8.20. The number of amides is 1. The summed E-state index contributed by atoms with van der Waals surface area (Å²) in [5, 5.41) is 0. The normalized spacial score (nSPS) is 14.8. The van der Waals surface area contributed by atoms with Crippen LogP contribution in [0.15, 0.2) is 47.1 Å². The van der Waals surface area contributed by atoms with E-state index in [4.69, 9.17) is 0 Å². The molecule has 1 aliphatic rings. The number of likely N-dealkylation sites (N-methyl/N-ethyl adjacent to an activating group) is 1. The molecule has 0 saturated carbocycles. The van der Waals surface area contributed by atoms with E-state index < -0.39 is 0 Å². The van der Waals surface area contributed by atoms with Crippen molar-refractivity contribution in [3.8, 4) is 0 Å². The Kier molecular flexibility index (Phi) is 5.50. The lowest BCUT2D eigenvalue weighted by Crippen LogP contribution is -2.25. The molecule has 0 bridgehead atoms. The average molecular weight is 325 g/mol. The first-order chi connectivity index (χ1) is 11.4. The fourth-order valence-corrected chi connectivity index (χ4v) is 2.76. The van der Waals surface area contributed by atoms with E-state index in [1.807, 2.05) is 6.92 Å². The third-order valence-corrected chi connectivity index (χ3v) is 4.20. The Morgan fingerprint density at radius 2 is 1.67 bits per heavy atom. The second kappa shape index (κ2) is 7.39. The smallest absolute Gasteiger partial charge is 0.249 e. The highest BCUT2D eigenvalue weighted by Crippen LogP contribution is 2.28. The molecule has 0 saturated heterocycles. The first-order valence-electron chi connectivity index (χ1n) is 8.20. The van der Waals surface area contributed by atoms with Crippen molar-refractivity contribution < 1.29 is 14.4 Å². The molecule has 0 spiro atoms. The maximum atomic E-state index is 12.8. The zero-order chi connectivity index (χ0) is 17.9. The van der Waals surface area contributed by atoms with Crippen molar-refractivity contribution in [2.75, 3.05) is 14.1 Å². The molecule has 0 fully saturated rings. The molecule has 4 heteroatoms. The lowest BCUT2D eigenvalue weighted by atomic mass is 9.83. The van der Waals surface area contributed by atoms with Gasteiger partial charge in [-0.15, -0.1) is 0 Å². The maximum Gasteiger partial charge on any atom is 0.249 e. The van der Waals surface area contributed by atoms with Crippen LogP contribution in [-0.4, -0.2) is 36.5 Å². The van der Waals surface area contributed by atoms with Crippen molar-refractivity contribution in [1.82, 2.24) is 4.90 Å². The standard InChI is InChI=1S/C20H23NO3/c1-5-6-9-14(20(24)21(3)4)12-17-13(2)18(22)15-10-7-8-11-16(15)19(17)23/h7-8,10-12H,5-6,9H2,1-4H3. The minimum atomic E-state index is -0.191. The lowest BCUT2D eigenvalue weighted by molar-refractivity contribution is -0.124. The van der Waals surface area contributed by atoms with Gasteiger partial charge in [-0.1, -0.05) is 37.6 Å². The van der Waals surface area contributed by atoms with Crippen molar-refractivity contribution in [2.45, 2.75) is 33.1 Å². The Morgan fingerprint density at radius 3 is 2.21 bits per heavy atom.